The van der Waals surface area contributed by atoms with Gasteiger partial charge in [-0.2, -0.15) is 5.26 Å². The van der Waals surface area contributed by atoms with Gasteiger partial charge in [0.15, 0.2) is 0 Å². The van der Waals surface area contributed by atoms with E-state index in [4.69, 9.17) is 16.7 Å². The van der Waals surface area contributed by atoms with E-state index in [9.17, 15) is 4.79 Å². The van der Waals surface area contributed by atoms with Gasteiger partial charge in [-0.1, -0.05) is 12.1 Å². The van der Waals surface area contributed by atoms with Gasteiger partial charge in [-0.25, -0.2) is 0 Å². The minimum atomic E-state index is -0.551. The van der Waals surface area contributed by atoms with Gasteiger partial charge in [0.05, 0.1) is 17.2 Å². The van der Waals surface area contributed by atoms with E-state index in [1.54, 1.807) is 30.3 Å². The lowest BCUT2D eigenvalue weighted by atomic mass is 10.1. The Morgan fingerprint density at radius 1 is 1.20 bits per heavy atom. The molecule has 0 aromatic heterocycles. The summed E-state index contributed by atoms with van der Waals surface area (Å²) in [4.78, 5) is 11.2. The number of nitrogens with one attached hydrogen (secondary N) is 1. The monoisotopic (exact) mass is 266 g/mol. The predicted octanol–water partition coefficient (Wildman–Crippen LogP) is 1.85. The van der Waals surface area contributed by atoms with Gasteiger partial charge >= 0.3 is 0 Å². The molecule has 2 rings (SSSR count). The maximum absolute atomic E-state index is 11.2. The third kappa shape index (κ3) is 3.06. The van der Waals surface area contributed by atoms with Gasteiger partial charge in [0, 0.05) is 17.9 Å². The number of carbonyl (C=O) groups excluding carboxylic acids is 1. The number of hydrogen-bond acceptors (Lipinski definition) is 4. The van der Waals surface area contributed by atoms with Crippen LogP contribution in [0.4, 0.5) is 11.4 Å². The molecule has 5 N–H and O–H groups in total. The Kier molecular flexibility index (Phi) is 3.87. The molecule has 100 valence electrons. The van der Waals surface area contributed by atoms with Crippen LogP contribution in [0.2, 0.25) is 0 Å². The Balaban J connectivity index is 2.09. The molecule has 20 heavy (non-hydrogen) atoms. The maximum atomic E-state index is 11.2. The Morgan fingerprint density at radius 3 is 2.50 bits per heavy atom. The number of rotatable bonds is 4. The Labute approximate surface area is 116 Å². The van der Waals surface area contributed by atoms with Crippen LogP contribution in [0.5, 0.6) is 0 Å². The minimum Gasteiger partial charge on any atom is -0.398 e. The molecular formula is C15H14N4O. The van der Waals surface area contributed by atoms with Crippen LogP contribution in [0.25, 0.3) is 0 Å². The van der Waals surface area contributed by atoms with Crippen LogP contribution in [-0.2, 0) is 6.54 Å². The first-order valence-electron chi connectivity index (χ1n) is 6.02. The van der Waals surface area contributed by atoms with Crippen molar-refractivity contribution in [3.63, 3.8) is 0 Å². The highest BCUT2D eigenvalue weighted by molar-refractivity contribution is 5.98. The topological polar surface area (TPSA) is 105 Å². The van der Waals surface area contributed by atoms with Crippen LogP contribution in [0.15, 0.2) is 42.5 Å². The van der Waals surface area contributed by atoms with Gasteiger partial charge in [-0.3, -0.25) is 4.79 Å². The number of nitrogen functional groups attached to an aromatic ring is 1. The number of amides is 1. The molecule has 0 saturated carbocycles. The van der Waals surface area contributed by atoms with Crippen molar-refractivity contribution in [3.8, 4) is 6.07 Å². The van der Waals surface area contributed by atoms with Crippen LogP contribution in [0.3, 0.4) is 0 Å². The van der Waals surface area contributed by atoms with Crippen molar-refractivity contribution in [2.24, 2.45) is 5.73 Å². The van der Waals surface area contributed by atoms with Crippen molar-refractivity contribution in [3.05, 3.63) is 59.2 Å². The molecule has 5 heteroatoms. The smallest absolute Gasteiger partial charge is 0.250 e. The van der Waals surface area contributed by atoms with Gasteiger partial charge in [0.1, 0.15) is 0 Å². The normalized spacial score (nSPS) is 9.75. The van der Waals surface area contributed by atoms with Crippen molar-refractivity contribution < 1.29 is 4.79 Å². The Bertz CT molecular complexity index is 671. The lowest BCUT2D eigenvalue weighted by Gasteiger charge is -2.09. The first kappa shape index (κ1) is 13.4. The number of anilines is 2. The zero-order chi connectivity index (χ0) is 14.5. The summed E-state index contributed by atoms with van der Waals surface area (Å²) in [6.45, 7) is 0.577. The second-order valence-corrected chi connectivity index (χ2v) is 4.33. The van der Waals surface area contributed by atoms with Gasteiger partial charge in [-0.05, 0) is 35.9 Å². The summed E-state index contributed by atoms with van der Waals surface area (Å²) in [7, 11) is 0. The maximum Gasteiger partial charge on any atom is 0.250 e. The molecule has 0 heterocycles. The van der Waals surface area contributed by atoms with E-state index in [-0.39, 0.29) is 0 Å². The standard InChI is InChI=1S/C15H14N4O/c16-8-10-1-3-11(4-2-10)9-19-12-5-6-14(17)13(7-12)15(18)20/h1-7,19H,9,17H2,(H2,18,20). The van der Waals surface area contributed by atoms with Gasteiger partial charge < -0.3 is 16.8 Å². The van der Waals surface area contributed by atoms with Crippen molar-refractivity contribution in [1.82, 2.24) is 0 Å². The van der Waals surface area contributed by atoms with Crippen LogP contribution in [-0.4, -0.2) is 5.91 Å². The first-order valence-corrected chi connectivity index (χ1v) is 6.02. The minimum absolute atomic E-state index is 0.301. The van der Waals surface area contributed by atoms with Crippen LogP contribution in [0.1, 0.15) is 21.5 Å². The number of nitrogens with two attached hydrogens (primary N) is 2. The van der Waals surface area contributed by atoms with Gasteiger partial charge in [0.25, 0.3) is 5.91 Å². The average molecular weight is 266 g/mol. The number of hydrogen-bond donors (Lipinski definition) is 3. The van der Waals surface area contributed by atoms with Crippen LogP contribution >= 0.6 is 0 Å². The summed E-state index contributed by atoms with van der Waals surface area (Å²) in [5, 5.41) is 11.9. The zero-order valence-electron chi connectivity index (χ0n) is 10.8. The second-order valence-electron chi connectivity index (χ2n) is 4.33. The van der Waals surface area contributed by atoms with Gasteiger partial charge in [0.2, 0.25) is 0 Å². The largest absolute Gasteiger partial charge is 0.398 e. The predicted molar refractivity (Wildman–Crippen MR) is 77.9 cm³/mol. The molecule has 0 fully saturated rings. The van der Waals surface area contributed by atoms with E-state index in [2.05, 4.69) is 11.4 Å². The van der Waals surface area contributed by atoms with Gasteiger partial charge in [-0.15, -0.1) is 0 Å². The van der Waals surface area contributed by atoms with E-state index in [1.165, 1.54) is 0 Å². The summed E-state index contributed by atoms with van der Waals surface area (Å²) >= 11 is 0. The van der Waals surface area contributed by atoms with Crippen LogP contribution < -0.4 is 16.8 Å². The molecule has 0 aliphatic rings. The fourth-order valence-electron chi connectivity index (χ4n) is 1.78. The summed E-state index contributed by atoms with van der Waals surface area (Å²) in [6, 6.07) is 14.4. The van der Waals surface area contributed by atoms with E-state index in [0.29, 0.717) is 23.4 Å². The molecule has 0 aliphatic heterocycles. The zero-order valence-corrected chi connectivity index (χ0v) is 10.8. The summed E-state index contributed by atoms with van der Waals surface area (Å²) in [5.74, 6) is -0.551. The van der Waals surface area contributed by atoms with E-state index < -0.39 is 5.91 Å². The van der Waals surface area contributed by atoms with Crippen LogP contribution in [0, 0.1) is 11.3 Å². The molecule has 0 radical (unpaired) electrons. The third-order valence-electron chi connectivity index (χ3n) is 2.90. The Hall–Kier alpha value is -3.00. The highest BCUT2D eigenvalue weighted by Gasteiger charge is 2.06. The molecular weight excluding hydrogens is 252 g/mol. The second kappa shape index (κ2) is 5.76. The number of primary amides is 1. The SMILES string of the molecule is N#Cc1ccc(CNc2ccc(N)c(C(N)=O)c2)cc1. The summed E-state index contributed by atoms with van der Waals surface area (Å²) in [6.07, 6.45) is 0. The lowest BCUT2D eigenvalue weighted by molar-refractivity contribution is 0.100. The number of carbonyl (C=O) groups is 1. The molecule has 0 saturated heterocycles. The summed E-state index contributed by atoms with van der Waals surface area (Å²) < 4.78 is 0. The summed E-state index contributed by atoms with van der Waals surface area (Å²) in [5.41, 5.74) is 14.0. The number of nitriles is 1. The number of nitrogens with zero attached hydrogens (tertiary/aromatic N) is 1. The quantitative estimate of drug-likeness (QED) is 0.734. The van der Waals surface area contributed by atoms with Crippen molar-refractivity contribution >= 4 is 17.3 Å². The molecule has 2 aromatic rings. The highest BCUT2D eigenvalue weighted by Crippen LogP contribution is 2.18. The molecule has 5 nitrogen and oxygen atoms in total. The molecule has 0 unspecified atom stereocenters. The molecule has 1 amide bonds. The Morgan fingerprint density at radius 2 is 1.90 bits per heavy atom. The average Bonchev–Trinajstić information content (AvgIpc) is 2.46. The fourth-order valence-corrected chi connectivity index (χ4v) is 1.78. The lowest BCUT2D eigenvalue weighted by Crippen LogP contribution is -2.14. The highest BCUT2D eigenvalue weighted by atomic mass is 16.1. The van der Waals surface area contributed by atoms with Crippen molar-refractivity contribution in [2.45, 2.75) is 6.54 Å². The van der Waals surface area contributed by atoms with E-state index >= 15 is 0 Å². The molecule has 0 aliphatic carbocycles. The van der Waals surface area contributed by atoms with E-state index in [0.717, 1.165) is 11.3 Å². The third-order valence-corrected chi connectivity index (χ3v) is 2.90. The fraction of sp³-hybridized carbons (Fsp3) is 0.0667. The van der Waals surface area contributed by atoms with Crippen molar-refractivity contribution in [1.29, 1.82) is 5.26 Å². The first-order chi connectivity index (χ1) is 9.60. The van der Waals surface area contributed by atoms with Crippen molar-refractivity contribution in [2.75, 3.05) is 11.1 Å². The molecule has 0 bridgehead atoms. The van der Waals surface area contributed by atoms with E-state index in [1.807, 2.05) is 12.1 Å². The number of benzene rings is 2. The molecule has 0 atom stereocenters. The molecule has 0 spiro atoms. The molecule has 2 aromatic carbocycles.